The number of rotatable bonds is 5. The molecule has 1 N–H and O–H groups in total. The molecule has 0 atom stereocenters. The minimum atomic E-state index is -0.261. The van der Waals surface area contributed by atoms with Gasteiger partial charge in [-0.3, -0.25) is 20.0 Å². The minimum Gasteiger partial charge on any atom is -0.379 e. The molecule has 0 aliphatic carbocycles. The number of aromatic nitrogens is 5. The van der Waals surface area contributed by atoms with Crippen LogP contribution in [0.3, 0.4) is 0 Å². The Kier molecular flexibility index (Phi) is 5.41. The average Bonchev–Trinajstić information content (AvgIpc) is 3.41. The highest BCUT2D eigenvalue weighted by Crippen LogP contribution is 2.21. The molecular weight excluding hydrogens is 414 g/mol. The molecule has 10 heteroatoms. The van der Waals surface area contributed by atoms with Gasteiger partial charge in [-0.2, -0.15) is 0 Å². The molecular formula is C21H21N7O2S. The fourth-order valence-electron chi connectivity index (χ4n) is 3.48. The van der Waals surface area contributed by atoms with Crippen molar-refractivity contribution in [2.24, 2.45) is 0 Å². The Balaban J connectivity index is 1.35. The van der Waals surface area contributed by atoms with Crippen molar-refractivity contribution < 1.29 is 9.53 Å². The Labute approximate surface area is 182 Å². The number of anilines is 1. The van der Waals surface area contributed by atoms with Gasteiger partial charge in [-0.15, -0.1) is 16.4 Å². The van der Waals surface area contributed by atoms with Crippen molar-refractivity contribution >= 4 is 28.0 Å². The number of nitrogens with one attached hydrogen (secondary N) is 1. The molecule has 0 bridgehead atoms. The Morgan fingerprint density at radius 3 is 2.97 bits per heavy atom. The van der Waals surface area contributed by atoms with Crippen molar-refractivity contribution in [2.75, 3.05) is 31.6 Å². The largest absolute Gasteiger partial charge is 0.379 e. The molecule has 158 valence electrons. The van der Waals surface area contributed by atoms with Crippen LogP contribution in [-0.2, 0) is 11.3 Å². The number of amides is 1. The topological polar surface area (TPSA) is 97.5 Å². The van der Waals surface area contributed by atoms with Crippen LogP contribution in [-0.4, -0.2) is 61.7 Å². The van der Waals surface area contributed by atoms with Gasteiger partial charge in [-0.05, 0) is 31.2 Å². The number of ether oxygens (including phenoxy) is 1. The number of fused-ring (bicyclic) bond motifs is 1. The SMILES string of the molecule is Cc1cc(-c2nc3c(C(=O)Nc4nc(CN5CCOCC5)cs4)cccn3n2)ccn1. The summed E-state index contributed by atoms with van der Waals surface area (Å²) in [7, 11) is 0. The van der Waals surface area contributed by atoms with Crippen LogP contribution in [0.5, 0.6) is 0 Å². The fraction of sp³-hybridized carbons (Fsp3) is 0.286. The number of hydrogen-bond acceptors (Lipinski definition) is 8. The number of aryl methyl sites for hydroxylation is 1. The molecule has 1 aliphatic rings. The Morgan fingerprint density at radius 1 is 1.26 bits per heavy atom. The van der Waals surface area contributed by atoms with Crippen molar-refractivity contribution in [2.45, 2.75) is 13.5 Å². The van der Waals surface area contributed by atoms with Crippen LogP contribution < -0.4 is 5.32 Å². The lowest BCUT2D eigenvalue weighted by atomic mass is 10.2. The third kappa shape index (κ3) is 4.31. The summed E-state index contributed by atoms with van der Waals surface area (Å²) in [6.45, 7) is 5.96. The van der Waals surface area contributed by atoms with Gasteiger partial charge in [0.05, 0.1) is 24.5 Å². The number of pyridine rings is 2. The molecule has 31 heavy (non-hydrogen) atoms. The summed E-state index contributed by atoms with van der Waals surface area (Å²) in [5, 5.41) is 9.96. The molecule has 0 radical (unpaired) electrons. The first-order chi connectivity index (χ1) is 15.2. The van der Waals surface area contributed by atoms with E-state index in [1.54, 1.807) is 29.0 Å². The zero-order valence-corrected chi connectivity index (χ0v) is 17.8. The summed E-state index contributed by atoms with van der Waals surface area (Å²) in [5.74, 6) is 0.288. The van der Waals surface area contributed by atoms with Crippen molar-refractivity contribution in [1.82, 2.24) is 29.5 Å². The minimum absolute atomic E-state index is 0.261. The van der Waals surface area contributed by atoms with E-state index in [-0.39, 0.29) is 5.91 Å². The van der Waals surface area contributed by atoms with E-state index in [1.165, 1.54) is 11.3 Å². The third-order valence-corrected chi connectivity index (χ3v) is 5.83. The number of morpholine rings is 1. The molecule has 0 aromatic carbocycles. The van der Waals surface area contributed by atoms with E-state index in [0.717, 1.165) is 49.8 Å². The fourth-order valence-corrected chi connectivity index (χ4v) is 4.18. The molecule has 1 amide bonds. The lowest BCUT2D eigenvalue weighted by molar-refractivity contribution is 0.0337. The first-order valence-electron chi connectivity index (χ1n) is 10.00. The Hall–Kier alpha value is -3.21. The predicted octanol–water partition coefficient (Wildman–Crippen LogP) is 2.64. The molecule has 5 rings (SSSR count). The van der Waals surface area contributed by atoms with Gasteiger partial charge in [0.25, 0.3) is 5.91 Å². The van der Waals surface area contributed by atoms with E-state index in [1.807, 2.05) is 24.4 Å². The van der Waals surface area contributed by atoms with Crippen LogP contribution in [0, 0.1) is 6.92 Å². The lowest BCUT2D eigenvalue weighted by Crippen LogP contribution is -2.35. The standard InChI is InChI=1S/C21H21N7O2S/c1-14-11-15(4-5-22-14)18-24-19-17(3-2-6-28(19)26-18)20(29)25-21-23-16(13-31-21)12-27-7-9-30-10-8-27/h2-6,11,13H,7-10,12H2,1H3,(H,23,25,29). The summed E-state index contributed by atoms with van der Waals surface area (Å²) in [6.07, 6.45) is 3.50. The molecule has 5 heterocycles. The van der Waals surface area contributed by atoms with E-state index < -0.39 is 0 Å². The van der Waals surface area contributed by atoms with Gasteiger partial charge in [0, 0.05) is 48.7 Å². The van der Waals surface area contributed by atoms with Crippen molar-refractivity contribution in [3.63, 3.8) is 0 Å². The molecule has 1 aliphatic heterocycles. The van der Waals surface area contributed by atoms with Crippen LogP contribution in [0.4, 0.5) is 5.13 Å². The van der Waals surface area contributed by atoms with Crippen molar-refractivity contribution in [3.05, 3.63) is 59.0 Å². The van der Waals surface area contributed by atoms with Crippen molar-refractivity contribution in [3.8, 4) is 11.4 Å². The highest BCUT2D eigenvalue weighted by Gasteiger charge is 2.17. The molecule has 0 spiro atoms. The predicted molar refractivity (Wildman–Crippen MR) is 117 cm³/mol. The molecule has 9 nitrogen and oxygen atoms in total. The molecule has 1 fully saturated rings. The molecule has 1 saturated heterocycles. The summed E-state index contributed by atoms with van der Waals surface area (Å²) >= 11 is 1.42. The summed E-state index contributed by atoms with van der Waals surface area (Å²) in [4.78, 5) is 28.6. The Morgan fingerprint density at radius 2 is 2.13 bits per heavy atom. The number of carbonyl (C=O) groups excluding carboxylic acids is 1. The smallest absolute Gasteiger partial charge is 0.261 e. The van der Waals surface area contributed by atoms with Gasteiger partial charge in [0.2, 0.25) is 0 Å². The lowest BCUT2D eigenvalue weighted by Gasteiger charge is -2.25. The van der Waals surface area contributed by atoms with E-state index in [4.69, 9.17) is 4.74 Å². The maximum absolute atomic E-state index is 13.0. The first-order valence-corrected chi connectivity index (χ1v) is 10.9. The summed E-state index contributed by atoms with van der Waals surface area (Å²) in [5.41, 5.74) is 3.62. The van der Waals surface area contributed by atoms with Crippen LogP contribution in [0.2, 0.25) is 0 Å². The van der Waals surface area contributed by atoms with Gasteiger partial charge >= 0.3 is 0 Å². The second-order valence-corrected chi connectivity index (χ2v) is 8.16. The van der Waals surface area contributed by atoms with Crippen LogP contribution in [0.1, 0.15) is 21.7 Å². The van der Waals surface area contributed by atoms with E-state index >= 15 is 0 Å². The average molecular weight is 436 g/mol. The highest BCUT2D eigenvalue weighted by molar-refractivity contribution is 7.14. The maximum atomic E-state index is 13.0. The second-order valence-electron chi connectivity index (χ2n) is 7.30. The molecule has 0 saturated carbocycles. The number of carbonyl (C=O) groups is 1. The summed E-state index contributed by atoms with van der Waals surface area (Å²) in [6, 6.07) is 7.29. The van der Waals surface area contributed by atoms with E-state index in [2.05, 4.69) is 30.3 Å². The molecule has 4 aromatic rings. The summed E-state index contributed by atoms with van der Waals surface area (Å²) < 4.78 is 7.00. The van der Waals surface area contributed by atoms with Crippen LogP contribution >= 0.6 is 11.3 Å². The highest BCUT2D eigenvalue weighted by atomic mass is 32.1. The van der Waals surface area contributed by atoms with Gasteiger partial charge in [-0.1, -0.05) is 0 Å². The van der Waals surface area contributed by atoms with Gasteiger partial charge in [0.15, 0.2) is 16.6 Å². The van der Waals surface area contributed by atoms with E-state index in [0.29, 0.717) is 22.2 Å². The molecule has 4 aromatic heterocycles. The third-order valence-electron chi connectivity index (χ3n) is 5.02. The van der Waals surface area contributed by atoms with E-state index in [9.17, 15) is 4.79 Å². The normalized spacial score (nSPS) is 14.7. The second kappa shape index (κ2) is 8.50. The zero-order chi connectivity index (χ0) is 21.2. The van der Waals surface area contributed by atoms with Gasteiger partial charge in [-0.25, -0.2) is 14.5 Å². The first kappa shape index (κ1) is 19.7. The number of hydrogen-bond donors (Lipinski definition) is 1. The van der Waals surface area contributed by atoms with Gasteiger partial charge < -0.3 is 4.74 Å². The maximum Gasteiger partial charge on any atom is 0.261 e. The van der Waals surface area contributed by atoms with Crippen molar-refractivity contribution in [1.29, 1.82) is 0 Å². The number of nitrogens with zero attached hydrogens (tertiary/aromatic N) is 6. The zero-order valence-electron chi connectivity index (χ0n) is 17.0. The Bertz CT molecular complexity index is 1230. The van der Waals surface area contributed by atoms with Crippen LogP contribution in [0.15, 0.2) is 42.0 Å². The van der Waals surface area contributed by atoms with Crippen LogP contribution in [0.25, 0.3) is 17.0 Å². The molecule has 0 unspecified atom stereocenters. The number of thiazole rings is 1. The monoisotopic (exact) mass is 435 g/mol. The van der Waals surface area contributed by atoms with Gasteiger partial charge in [0.1, 0.15) is 0 Å². The quantitative estimate of drug-likeness (QED) is 0.515.